The number of nitrogens with zero attached hydrogens (tertiary/aromatic N) is 2. The molecular formula is C13H18ClN3O2. The molecule has 2 rings (SSSR count). The number of hydrogen-bond donors (Lipinski definition) is 1. The van der Waals surface area contributed by atoms with Gasteiger partial charge in [-0.2, -0.15) is 0 Å². The number of anilines is 1. The molecule has 0 saturated carbocycles. The summed E-state index contributed by atoms with van der Waals surface area (Å²) in [4.78, 5) is 18.2. The predicted octanol–water partition coefficient (Wildman–Crippen LogP) is 1.96. The van der Waals surface area contributed by atoms with E-state index in [0.29, 0.717) is 23.9 Å². The van der Waals surface area contributed by atoms with E-state index in [1.54, 1.807) is 24.1 Å². The summed E-state index contributed by atoms with van der Waals surface area (Å²) in [5.74, 6) is 0.0968. The van der Waals surface area contributed by atoms with Gasteiger partial charge in [0, 0.05) is 20.2 Å². The van der Waals surface area contributed by atoms with Crippen molar-refractivity contribution in [3.8, 4) is 0 Å². The highest BCUT2D eigenvalue weighted by atomic mass is 35.5. The summed E-state index contributed by atoms with van der Waals surface area (Å²) < 4.78 is 5.48. The van der Waals surface area contributed by atoms with Crippen LogP contribution in [0.15, 0.2) is 12.1 Å². The Hall–Kier alpha value is -1.33. The van der Waals surface area contributed by atoms with Crippen molar-refractivity contribution in [1.82, 2.24) is 9.88 Å². The number of nitrogen functional groups attached to an aromatic ring is 1. The Kier molecular flexibility index (Phi) is 3.96. The van der Waals surface area contributed by atoms with Gasteiger partial charge in [-0.1, -0.05) is 11.6 Å². The van der Waals surface area contributed by atoms with Crippen molar-refractivity contribution in [2.75, 3.05) is 25.9 Å². The minimum Gasteiger partial charge on any atom is -0.384 e. The zero-order valence-electron chi connectivity index (χ0n) is 11.1. The van der Waals surface area contributed by atoms with Crippen molar-refractivity contribution in [2.45, 2.75) is 25.4 Å². The molecule has 1 aliphatic heterocycles. The molecule has 0 aliphatic carbocycles. The third kappa shape index (κ3) is 2.98. The number of methoxy groups -OCH3 is 1. The van der Waals surface area contributed by atoms with Gasteiger partial charge >= 0.3 is 0 Å². The maximum atomic E-state index is 12.4. The molecule has 0 aromatic carbocycles. The number of likely N-dealkylation sites (tertiary alicyclic amines) is 1. The van der Waals surface area contributed by atoms with Gasteiger partial charge in [0.15, 0.2) is 0 Å². The Balaban J connectivity index is 2.22. The fourth-order valence-electron chi connectivity index (χ4n) is 2.30. The first-order valence-corrected chi connectivity index (χ1v) is 6.59. The molecule has 1 amide bonds. The van der Waals surface area contributed by atoms with E-state index in [-0.39, 0.29) is 17.2 Å². The monoisotopic (exact) mass is 283 g/mol. The summed E-state index contributed by atoms with van der Waals surface area (Å²) in [7, 11) is 1.67. The maximum Gasteiger partial charge on any atom is 0.274 e. The molecule has 6 heteroatoms. The molecule has 0 spiro atoms. The molecule has 2 heterocycles. The quantitative estimate of drug-likeness (QED) is 0.901. The summed E-state index contributed by atoms with van der Waals surface area (Å²) >= 11 is 6.02. The van der Waals surface area contributed by atoms with Crippen molar-refractivity contribution in [3.05, 3.63) is 22.8 Å². The van der Waals surface area contributed by atoms with Crippen LogP contribution in [0.25, 0.3) is 0 Å². The summed E-state index contributed by atoms with van der Waals surface area (Å²) in [5.41, 5.74) is 5.51. The molecule has 0 bridgehead atoms. The number of rotatable bonds is 2. The van der Waals surface area contributed by atoms with Gasteiger partial charge in [0.25, 0.3) is 5.91 Å². The molecule has 1 aliphatic rings. The van der Waals surface area contributed by atoms with E-state index in [4.69, 9.17) is 22.1 Å². The topological polar surface area (TPSA) is 68.5 Å². The van der Waals surface area contributed by atoms with E-state index in [0.717, 1.165) is 12.8 Å². The van der Waals surface area contributed by atoms with E-state index < -0.39 is 0 Å². The number of ether oxygens (including phenoxy) is 1. The first-order valence-electron chi connectivity index (χ1n) is 6.22. The van der Waals surface area contributed by atoms with Crippen LogP contribution in [0.3, 0.4) is 0 Å². The van der Waals surface area contributed by atoms with E-state index >= 15 is 0 Å². The van der Waals surface area contributed by atoms with Gasteiger partial charge in [-0.05, 0) is 31.9 Å². The van der Waals surface area contributed by atoms with Crippen molar-refractivity contribution < 1.29 is 9.53 Å². The largest absolute Gasteiger partial charge is 0.384 e. The zero-order chi connectivity index (χ0) is 14.0. The lowest BCUT2D eigenvalue weighted by Gasteiger charge is -2.39. The minimum atomic E-state index is -0.305. The summed E-state index contributed by atoms with van der Waals surface area (Å²) in [6.07, 6.45) is 1.83. The Morgan fingerprint density at radius 2 is 2.32 bits per heavy atom. The highest BCUT2D eigenvalue weighted by Gasteiger charge is 2.34. The standard InChI is InChI=1S/C13H18ClN3O2/c1-13(19-2)6-3-7-17(8-13)12(18)11-9(14)4-5-10(15)16-11/h4-5H,3,6-8H2,1-2H3,(H2,15,16). The summed E-state index contributed by atoms with van der Waals surface area (Å²) in [6, 6.07) is 3.17. The number of pyridine rings is 1. The van der Waals surface area contributed by atoms with Gasteiger partial charge in [0.2, 0.25) is 0 Å². The van der Waals surface area contributed by atoms with Crippen LogP contribution in [0.1, 0.15) is 30.3 Å². The van der Waals surface area contributed by atoms with Crippen molar-refractivity contribution in [2.24, 2.45) is 0 Å². The van der Waals surface area contributed by atoms with Crippen molar-refractivity contribution in [3.63, 3.8) is 0 Å². The van der Waals surface area contributed by atoms with E-state index in [1.807, 2.05) is 6.92 Å². The number of piperidine rings is 1. The van der Waals surface area contributed by atoms with Gasteiger partial charge in [0.1, 0.15) is 11.5 Å². The molecule has 2 N–H and O–H groups in total. The molecule has 19 heavy (non-hydrogen) atoms. The van der Waals surface area contributed by atoms with Crippen LogP contribution >= 0.6 is 11.6 Å². The average Bonchev–Trinajstić information content (AvgIpc) is 2.41. The molecule has 1 aromatic heterocycles. The Morgan fingerprint density at radius 1 is 1.58 bits per heavy atom. The second-order valence-electron chi connectivity index (χ2n) is 5.05. The fourth-order valence-corrected chi connectivity index (χ4v) is 2.49. The lowest BCUT2D eigenvalue weighted by atomic mass is 9.94. The van der Waals surface area contributed by atoms with E-state index in [2.05, 4.69) is 4.98 Å². The highest BCUT2D eigenvalue weighted by molar-refractivity contribution is 6.33. The molecule has 1 atom stereocenters. The number of aromatic nitrogens is 1. The molecule has 0 radical (unpaired) electrons. The van der Waals surface area contributed by atoms with Crippen LogP contribution in [0.2, 0.25) is 5.02 Å². The smallest absolute Gasteiger partial charge is 0.274 e. The number of hydrogen-bond acceptors (Lipinski definition) is 4. The normalized spacial score (nSPS) is 23.4. The molecule has 1 fully saturated rings. The van der Waals surface area contributed by atoms with Gasteiger partial charge in [-0.15, -0.1) is 0 Å². The zero-order valence-corrected chi connectivity index (χ0v) is 11.9. The highest BCUT2D eigenvalue weighted by Crippen LogP contribution is 2.26. The van der Waals surface area contributed by atoms with Crippen LogP contribution in [0, 0.1) is 0 Å². The maximum absolute atomic E-state index is 12.4. The van der Waals surface area contributed by atoms with Gasteiger partial charge < -0.3 is 15.4 Å². The SMILES string of the molecule is COC1(C)CCCN(C(=O)c2nc(N)ccc2Cl)C1. The van der Waals surface area contributed by atoms with E-state index in [1.165, 1.54) is 0 Å². The van der Waals surface area contributed by atoms with Gasteiger partial charge in [0.05, 0.1) is 10.6 Å². The molecule has 104 valence electrons. The summed E-state index contributed by atoms with van der Waals surface area (Å²) in [6.45, 7) is 3.22. The Morgan fingerprint density at radius 3 is 3.00 bits per heavy atom. The Labute approximate surface area is 117 Å². The average molecular weight is 284 g/mol. The van der Waals surface area contributed by atoms with Crippen LogP contribution < -0.4 is 5.73 Å². The van der Waals surface area contributed by atoms with Crippen molar-refractivity contribution in [1.29, 1.82) is 0 Å². The second kappa shape index (κ2) is 5.35. The first kappa shape index (κ1) is 14.1. The lowest BCUT2D eigenvalue weighted by Crippen LogP contribution is -2.49. The van der Waals surface area contributed by atoms with Crippen molar-refractivity contribution >= 4 is 23.3 Å². The number of carbonyl (C=O) groups is 1. The van der Waals surface area contributed by atoms with E-state index in [9.17, 15) is 4.79 Å². The molecule has 5 nitrogen and oxygen atoms in total. The second-order valence-corrected chi connectivity index (χ2v) is 5.46. The number of amides is 1. The van der Waals surface area contributed by atoms with Crippen LogP contribution in [0.5, 0.6) is 0 Å². The number of halogens is 1. The minimum absolute atomic E-state index is 0.194. The third-order valence-corrected chi connectivity index (χ3v) is 3.81. The lowest BCUT2D eigenvalue weighted by molar-refractivity contribution is -0.0441. The summed E-state index contributed by atoms with van der Waals surface area (Å²) in [5, 5.41) is 0.323. The van der Waals surface area contributed by atoms with Gasteiger partial charge in [-0.25, -0.2) is 4.98 Å². The third-order valence-electron chi connectivity index (χ3n) is 3.51. The molecular weight excluding hydrogens is 266 g/mol. The number of carbonyl (C=O) groups excluding carboxylic acids is 1. The van der Waals surface area contributed by atoms with Crippen LogP contribution in [-0.4, -0.2) is 41.6 Å². The van der Waals surface area contributed by atoms with Gasteiger partial charge in [-0.3, -0.25) is 4.79 Å². The molecule has 1 unspecified atom stereocenters. The molecule has 1 saturated heterocycles. The first-order chi connectivity index (χ1) is 8.95. The number of nitrogens with two attached hydrogens (primary N) is 1. The fraction of sp³-hybridized carbons (Fsp3) is 0.538. The predicted molar refractivity (Wildman–Crippen MR) is 74.2 cm³/mol. The van der Waals surface area contributed by atoms with Crippen LogP contribution in [-0.2, 0) is 4.74 Å². The molecule has 1 aromatic rings. The Bertz CT molecular complexity index is 495. The van der Waals surface area contributed by atoms with Crippen LogP contribution in [0.4, 0.5) is 5.82 Å².